The van der Waals surface area contributed by atoms with Gasteiger partial charge in [-0.15, -0.1) is 0 Å². The largest absolute Gasteiger partial charge is 0.393 e. The molecule has 0 radical (unpaired) electrons. The Morgan fingerprint density at radius 2 is 1.88 bits per heavy atom. The number of benzene rings is 2. The average molecular weight is 326 g/mol. The van der Waals surface area contributed by atoms with Crippen molar-refractivity contribution in [3.8, 4) is 0 Å². The lowest BCUT2D eigenvalue weighted by molar-refractivity contribution is -0.120. The number of hydrogen-bond acceptors (Lipinski definition) is 3. The van der Waals surface area contributed by atoms with Crippen molar-refractivity contribution in [3.05, 3.63) is 48.0 Å². The van der Waals surface area contributed by atoms with E-state index < -0.39 is 0 Å². The Balaban J connectivity index is 1.42. The summed E-state index contributed by atoms with van der Waals surface area (Å²) in [4.78, 5) is 14.6. The van der Waals surface area contributed by atoms with Crippen LogP contribution in [0.1, 0.15) is 24.8 Å². The Hall–Kier alpha value is -1.91. The smallest absolute Gasteiger partial charge is 0.224 e. The number of hydrogen-bond donors (Lipinski definition) is 2. The van der Waals surface area contributed by atoms with E-state index in [1.807, 2.05) is 24.3 Å². The van der Waals surface area contributed by atoms with Crippen LogP contribution in [0, 0.1) is 0 Å². The third-order valence-corrected chi connectivity index (χ3v) is 4.76. The summed E-state index contributed by atoms with van der Waals surface area (Å²) in [7, 11) is 0. The van der Waals surface area contributed by atoms with Crippen LogP contribution in [0.4, 0.5) is 0 Å². The summed E-state index contributed by atoms with van der Waals surface area (Å²) in [6.45, 7) is 3.63. The lowest BCUT2D eigenvalue weighted by Crippen LogP contribution is -2.37. The van der Waals surface area contributed by atoms with Crippen molar-refractivity contribution < 1.29 is 9.90 Å². The fourth-order valence-electron chi connectivity index (χ4n) is 3.36. The fourth-order valence-corrected chi connectivity index (χ4v) is 3.36. The molecule has 24 heavy (non-hydrogen) atoms. The lowest BCUT2D eigenvalue weighted by atomic mass is 10.0. The Labute approximate surface area is 143 Å². The van der Waals surface area contributed by atoms with Gasteiger partial charge in [0.2, 0.25) is 5.91 Å². The van der Waals surface area contributed by atoms with Gasteiger partial charge in [0.25, 0.3) is 0 Å². The van der Waals surface area contributed by atoms with Gasteiger partial charge in [0.1, 0.15) is 0 Å². The number of carbonyl (C=O) groups is 1. The van der Waals surface area contributed by atoms with E-state index in [9.17, 15) is 9.90 Å². The zero-order chi connectivity index (χ0) is 16.8. The van der Waals surface area contributed by atoms with E-state index in [-0.39, 0.29) is 12.0 Å². The second kappa shape index (κ2) is 8.27. The SMILES string of the molecule is O=C(Cc1cccc2ccccc12)NCCCN1CCC(O)CC1. The number of nitrogens with zero attached hydrogens (tertiary/aromatic N) is 1. The maximum Gasteiger partial charge on any atom is 0.224 e. The second-order valence-electron chi connectivity index (χ2n) is 6.59. The molecule has 128 valence electrons. The molecule has 2 aromatic carbocycles. The molecule has 1 amide bonds. The Kier molecular flexibility index (Phi) is 5.83. The van der Waals surface area contributed by atoms with Gasteiger partial charge in [-0.05, 0) is 42.1 Å². The highest BCUT2D eigenvalue weighted by molar-refractivity contribution is 5.90. The first kappa shape index (κ1) is 16.9. The molecule has 1 fully saturated rings. The summed E-state index contributed by atoms with van der Waals surface area (Å²) >= 11 is 0. The number of aliphatic hydroxyl groups is 1. The van der Waals surface area contributed by atoms with Gasteiger partial charge >= 0.3 is 0 Å². The van der Waals surface area contributed by atoms with Gasteiger partial charge in [0.15, 0.2) is 0 Å². The monoisotopic (exact) mass is 326 g/mol. The number of piperidine rings is 1. The van der Waals surface area contributed by atoms with Crippen LogP contribution in [-0.4, -0.2) is 48.2 Å². The molecule has 0 bridgehead atoms. The summed E-state index contributed by atoms with van der Waals surface area (Å²) in [5.41, 5.74) is 1.08. The van der Waals surface area contributed by atoms with Crippen molar-refractivity contribution in [2.45, 2.75) is 31.8 Å². The maximum absolute atomic E-state index is 12.2. The molecule has 0 atom stereocenters. The molecule has 1 aliphatic heterocycles. The third-order valence-electron chi connectivity index (χ3n) is 4.76. The topological polar surface area (TPSA) is 52.6 Å². The molecule has 0 saturated carbocycles. The van der Waals surface area contributed by atoms with E-state index >= 15 is 0 Å². The van der Waals surface area contributed by atoms with Crippen LogP contribution < -0.4 is 5.32 Å². The average Bonchev–Trinajstić information content (AvgIpc) is 2.61. The minimum Gasteiger partial charge on any atom is -0.393 e. The second-order valence-corrected chi connectivity index (χ2v) is 6.59. The molecular formula is C20H26N2O2. The number of rotatable bonds is 6. The van der Waals surface area contributed by atoms with E-state index in [2.05, 4.69) is 28.4 Å². The highest BCUT2D eigenvalue weighted by Crippen LogP contribution is 2.18. The lowest BCUT2D eigenvalue weighted by Gasteiger charge is -2.29. The fraction of sp³-hybridized carbons (Fsp3) is 0.450. The molecule has 0 aromatic heterocycles. The molecule has 0 spiro atoms. The van der Waals surface area contributed by atoms with Crippen LogP contribution in [0.3, 0.4) is 0 Å². The Morgan fingerprint density at radius 3 is 2.71 bits per heavy atom. The molecule has 0 aliphatic carbocycles. The summed E-state index contributed by atoms with van der Waals surface area (Å²) in [6.07, 6.45) is 3.00. The Bertz CT molecular complexity index is 673. The maximum atomic E-state index is 12.2. The van der Waals surface area contributed by atoms with Gasteiger partial charge in [-0.3, -0.25) is 4.79 Å². The van der Waals surface area contributed by atoms with Crippen molar-refractivity contribution in [1.29, 1.82) is 0 Å². The molecule has 0 unspecified atom stereocenters. The molecule has 1 aliphatic rings. The number of amides is 1. The van der Waals surface area contributed by atoms with E-state index in [0.29, 0.717) is 13.0 Å². The van der Waals surface area contributed by atoms with Gasteiger partial charge in [-0.1, -0.05) is 42.5 Å². The van der Waals surface area contributed by atoms with E-state index in [1.165, 1.54) is 5.39 Å². The predicted octanol–water partition coefficient (Wildman–Crippen LogP) is 2.35. The van der Waals surface area contributed by atoms with Crippen molar-refractivity contribution in [2.75, 3.05) is 26.2 Å². The van der Waals surface area contributed by atoms with Crippen LogP contribution in [0.25, 0.3) is 10.8 Å². The molecule has 4 heteroatoms. The normalized spacial score (nSPS) is 16.4. The number of fused-ring (bicyclic) bond motifs is 1. The summed E-state index contributed by atoms with van der Waals surface area (Å²) in [5, 5.41) is 14.9. The number of likely N-dealkylation sites (tertiary alicyclic amines) is 1. The van der Waals surface area contributed by atoms with E-state index in [0.717, 1.165) is 49.8 Å². The first-order chi connectivity index (χ1) is 11.7. The molecule has 2 aromatic rings. The third kappa shape index (κ3) is 4.56. The van der Waals surface area contributed by atoms with Gasteiger partial charge in [0, 0.05) is 19.6 Å². The minimum atomic E-state index is -0.123. The molecule has 1 saturated heterocycles. The van der Waals surface area contributed by atoms with Gasteiger partial charge in [-0.25, -0.2) is 0 Å². The highest BCUT2D eigenvalue weighted by Gasteiger charge is 2.16. The van der Waals surface area contributed by atoms with Crippen LogP contribution in [0.2, 0.25) is 0 Å². The van der Waals surface area contributed by atoms with Gasteiger partial charge < -0.3 is 15.3 Å². The zero-order valence-corrected chi connectivity index (χ0v) is 14.1. The predicted molar refractivity (Wildman–Crippen MR) is 97.0 cm³/mol. The molecule has 3 rings (SSSR count). The molecule has 4 nitrogen and oxygen atoms in total. The first-order valence-corrected chi connectivity index (χ1v) is 8.86. The quantitative estimate of drug-likeness (QED) is 0.801. The summed E-state index contributed by atoms with van der Waals surface area (Å²) in [5.74, 6) is 0.0837. The molecule has 1 heterocycles. The van der Waals surface area contributed by atoms with Crippen molar-refractivity contribution in [2.24, 2.45) is 0 Å². The van der Waals surface area contributed by atoms with Crippen LogP contribution in [0.15, 0.2) is 42.5 Å². The van der Waals surface area contributed by atoms with Gasteiger partial charge in [0.05, 0.1) is 12.5 Å². The van der Waals surface area contributed by atoms with Crippen molar-refractivity contribution >= 4 is 16.7 Å². The van der Waals surface area contributed by atoms with Crippen LogP contribution in [-0.2, 0) is 11.2 Å². The molecular weight excluding hydrogens is 300 g/mol. The minimum absolute atomic E-state index is 0.0837. The summed E-state index contributed by atoms with van der Waals surface area (Å²) < 4.78 is 0. The first-order valence-electron chi connectivity index (χ1n) is 8.86. The van der Waals surface area contributed by atoms with E-state index in [1.54, 1.807) is 0 Å². The molecule has 2 N–H and O–H groups in total. The number of aliphatic hydroxyl groups excluding tert-OH is 1. The standard InChI is InChI=1S/C20H26N2O2/c23-18-9-13-22(14-10-18)12-4-11-21-20(24)15-17-7-3-6-16-5-1-2-8-19(16)17/h1-3,5-8,18,23H,4,9-15H2,(H,21,24). The van der Waals surface area contributed by atoms with Gasteiger partial charge in [-0.2, -0.15) is 0 Å². The van der Waals surface area contributed by atoms with Crippen molar-refractivity contribution in [1.82, 2.24) is 10.2 Å². The summed E-state index contributed by atoms with van der Waals surface area (Å²) in [6, 6.07) is 14.3. The highest BCUT2D eigenvalue weighted by atomic mass is 16.3. The Morgan fingerprint density at radius 1 is 1.12 bits per heavy atom. The van der Waals surface area contributed by atoms with Crippen LogP contribution >= 0.6 is 0 Å². The number of carbonyl (C=O) groups excluding carboxylic acids is 1. The van der Waals surface area contributed by atoms with Crippen LogP contribution in [0.5, 0.6) is 0 Å². The van der Waals surface area contributed by atoms with Crippen molar-refractivity contribution in [3.63, 3.8) is 0 Å². The number of nitrogens with one attached hydrogen (secondary N) is 1. The van der Waals surface area contributed by atoms with E-state index in [4.69, 9.17) is 0 Å². The zero-order valence-electron chi connectivity index (χ0n) is 14.1.